The van der Waals surface area contributed by atoms with Crippen molar-refractivity contribution in [2.75, 3.05) is 13.1 Å². The summed E-state index contributed by atoms with van der Waals surface area (Å²) in [4.78, 5) is 2.74. The van der Waals surface area contributed by atoms with Crippen LogP contribution in [0.3, 0.4) is 0 Å². The number of rotatable bonds is 3. The largest absolute Gasteiger partial charge is 0.308 e. The predicted octanol–water partition coefficient (Wildman–Crippen LogP) is 4.42. The van der Waals surface area contributed by atoms with Crippen LogP contribution in [-0.4, -0.2) is 29.7 Å². The van der Waals surface area contributed by atoms with Gasteiger partial charge in [0.2, 0.25) is 0 Å². The zero-order valence-corrected chi connectivity index (χ0v) is 13.7. The van der Waals surface area contributed by atoms with Gasteiger partial charge in [-0.1, -0.05) is 6.07 Å². The molecule has 0 atom stereocenters. The van der Waals surface area contributed by atoms with Crippen LogP contribution in [0.5, 0.6) is 0 Å². The molecular formula is C19H28N2. The third-order valence-electron chi connectivity index (χ3n) is 5.94. The van der Waals surface area contributed by atoms with Crippen molar-refractivity contribution in [1.82, 2.24) is 4.90 Å². The number of hydrogen-bond donors (Lipinski definition) is 1. The van der Waals surface area contributed by atoms with E-state index in [0.717, 1.165) is 5.56 Å². The standard InChI is InChI=1S/C19H28N2/c1-14-12-18(15(2)11-17(14)13-20)16-5-9-21(10-6-16)19(3)7-4-8-19/h11-13,16,20H,4-10H2,1-3H3. The second-order valence-electron chi connectivity index (χ2n) is 7.32. The second-order valence-corrected chi connectivity index (χ2v) is 7.32. The Bertz CT molecular complexity index is 535. The van der Waals surface area contributed by atoms with Crippen LogP contribution in [0, 0.1) is 19.3 Å². The van der Waals surface area contributed by atoms with Gasteiger partial charge in [0.1, 0.15) is 0 Å². The Kier molecular flexibility index (Phi) is 3.92. The lowest BCUT2D eigenvalue weighted by Gasteiger charge is -2.50. The fourth-order valence-corrected chi connectivity index (χ4v) is 4.19. The lowest BCUT2D eigenvalue weighted by molar-refractivity contribution is 0.0131. The Morgan fingerprint density at radius 3 is 2.33 bits per heavy atom. The number of likely N-dealkylation sites (tertiary alicyclic amines) is 1. The smallest absolute Gasteiger partial charge is 0.0253 e. The van der Waals surface area contributed by atoms with Gasteiger partial charge in [-0.05, 0) is 100 Å². The number of nitrogens with zero attached hydrogens (tertiary/aromatic N) is 1. The van der Waals surface area contributed by atoms with Gasteiger partial charge in [0.05, 0.1) is 0 Å². The lowest BCUT2D eigenvalue weighted by Crippen LogP contribution is -2.53. The van der Waals surface area contributed by atoms with Gasteiger partial charge in [0.25, 0.3) is 0 Å². The monoisotopic (exact) mass is 284 g/mol. The summed E-state index contributed by atoms with van der Waals surface area (Å²) in [6, 6.07) is 4.53. The molecular weight excluding hydrogens is 256 g/mol. The number of hydrogen-bond acceptors (Lipinski definition) is 2. The topological polar surface area (TPSA) is 27.1 Å². The Morgan fingerprint density at radius 2 is 1.81 bits per heavy atom. The molecule has 3 rings (SSSR count). The van der Waals surface area contributed by atoms with Crippen LogP contribution < -0.4 is 0 Å². The summed E-state index contributed by atoms with van der Waals surface area (Å²) >= 11 is 0. The first kappa shape index (κ1) is 14.8. The summed E-state index contributed by atoms with van der Waals surface area (Å²) in [6.45, 7) is 9.30. The Balaban J connectivity index is 1.72. The van der Waals surface area contributed by atoms with Crippen LogP contribution in [0.1, 0.15) is 67.2 Å². The molecule has 1 heterocycles. The average molecular weight is 284 g/mol. The molecule has 1 aliphatic heterocycles. The van der Waals surface area contributed by atoms with Crippen molar-refractivity contribution < 1.29 is 0 Å². The van der Waals surface area contributed by atoms with Gasteiger partial charge in [-0.3, -0.25) is 4.90 Å². The summed E-state index contributed by atoms with van der Waals surface area (Å²) in [5, 5.41) is 7.49. The predicted molar refractivity (Wildman–Crippen MR) is 89.6 cm³/mol. The first-order valence-electron chi connectivity index (χ1n) is 8.40. The molecule has 2 aliphatic rings. The highest BCUT2D eigenvalue weighted by Crippen LogP contribution is 2.41. The summed E-state index contributed by atoms with van der Waals surface area (Å²) < 4.78 is 0. The van der Waals surface area contributed by atoms with E-state index in [9.17, 15) is 0 Å². The molecule has 0 bridgehead atoms. The minimum atomic E-state index is 0.514. The third kappa shape index (κ3) is 2.66. The number of piperidine rings is 1. The quantitative estimate of drug-likeness (QED) is 0.817. The van der Waals surface area contributed by atoms with Crippen LogP contribution in [0.4, 0.5) is 0 Å². The molecule has 1 saturated carbocycles. The number of benzene rings is 1. The van der Waals surface area contributed by atoms with Gasteiger partial charge in [0, 0.05) is 11.8 Å². The zero-order valence-electron chi connectivity index (χ0n) is 13.7. The van der Waals surface area contributed by atoms with E-state index in [2.05, 4.69) is 37.8 Å². The molecule has 0 amide bonds. The molecule has 1 aliphatic carbocycles. The van der Waals surface area contributed by atoms with E-state index < -0.39 is 0 Å². The zero-order chi connectivity index (χ0) is 15.0. The first-order chi connectivity index (χ1) is 10.0. The summed E-state index contributed by atoms with van der Waals surface area (Å²) in [7, 11) is 0. The molecule has 2 heteroatoms. The molecule has 0 aromatic heterocycles. The summed E-state index contributed by atoms with van der Waals surface area (Å²) in [5.41, 5.74) is 5.72. The molecule has 1 N–H and O–H groups in total. The Hall–Kier alpha value is -1.15. The fourth-order valence-electron chi connectivity index (χ4n) is 4.19. The molecule has 0 radical (unpaired) electrons. The van der Waals surface area contributed by atoms with Crippen molar-refractivity contribution >= 4 is 6.21 Å². The molecule has 1 aromatic carbocycles. The van der Waals surface area contributed by atoms with E-state index >= 15 is 0 Å². The van der Waals surface area contributed by atoms with E-state index in [1.807, 2.05) is 0 Å². The van der Waals surface area contributed by atoms with Gasteiger partial charge in [0.15, 0.2) is 0 Å². The SMILES string of the molecule is Cc1cc(C2CCN(C3(C)CCC3)CC2)c(C)cc1C=N. The fraction of sp³-hybridized carbons (Fsp3) is 0.632. The maximum absolute atomic E-state index is 7.49. The van der Waals surface area contributed by atoms with Crippen molar-refractivity contribution in [1.29, 1.82) is 5.41 Å². The van der Waals surface area contributed by atoms with Crippen molar-refractivity contribution in [2.24, 2.45) is 0 Å². The highest BCUT2D eigenvalue weighted by Gasteiger charge is 2.39. The molecule has 1 saturated heterocycles. The summed E-state index contributed by atoms with van der Waals surface area (Å²) in [6.07, 6.45) is 8.26. The van der Waals surface area contributed by atoms with Crippen LogP contribution in [-0.2, 0) is 0 Å². The Labute approximate surface area is 129 Å². The first-order valence-corrected chi connectivity index (χ1v) is 8.40. The number of aryl methyl sites for hydroxylation is 2. The van der Waals surface area contributed by atoms with Crippen LogP contribution in [0.15, 0.2) is 12.1 Å². The van der Waals surface area contributed by atoms with Crippen LogP contribution in [0.2, 0.25) is 0 Å². The number of nitrogens with one attached hydrogen (secondary N) is 1. The van der Waals surface area contributed by atoms with Crippen molar-refractivity contribution in [3.05, 3.63) is 34.4 Å². The van der Waals surface area contributed by atoms with Gasteiger partial charge in [-0.25, -0.2) is 0 Å². The van der Waals surface area contributed by atoms with Gasteiger partial charge in [-0.2, -0.15) is 0 Å². The van der Waals surface area contributed by atoms with Crippen molar-refractivity contribution in [3.63, 3.8) is 0 Å². The third-order valence-corrected chi connectivity index (χ3v) is 5.94. The minimum absolute atomic E-state index is 0.514. The van der Waals surface area contributed by atoms with Gasteiger partial charge in [-0.15, -0.1) is 0 Å². The van der Waals surface area contributed by atoms with Crippen LogP contribution >= 0.6 is 0 Å². The highest BCUT2D eigenvalue weighted by atomic mass is 15.2. The minimum Gasteiger partial charge on any atom is -0.308 e. The molecule has 21 heavy (non-hydrogen) atoms. The van der Waals surface area contributed by atoms with E-state index in [4.69, 9.17) is 5.41 Å². The molecule has 1 aromatic rings. The molecule has 114 valence electrons. The van der Waals surface area contributed by atoms with Gasteiger partial charge >= 0.3 is 0 Å². The lowest BCUT2D eigenvalue weighted by atomic mass is 9.75. The normalized spacial score (nSPS) is 22.8. The van der Waals surface area contributed by atoms with Crippen molar-refractivity contribution in [3.8, 4) is 0 Å². The maximum Gasteiger partial charge on any atom is 0.0253 e. The van der Waals surface area contributed by atoms with E-state index in [0.29, 0.717) is 11.5 Å². The second kappa shape index (κ2) is 5.57. The van der Waals surface area contributed by atoms with E-state index in [-0.39, 0.29) is 0 Å². The maximum atomic E-state index is 7.49. The molecule has 2 fully saturated rings. The van der Waals surface area contributed by atoms with Crippen LogP contribution in [0.25, 0.3) is 0 Å². The molecule has 0 spiro atoms. The molecule has 2 nitrogen and oxygen atoms in total. The van der Waals surface area contributed by atoms with E-state index in [1.54, 1.807) is 0 Å². The molecule has 0 unspecified atom stereocenters. The average Bonchev–Trinajstić information content (AvgIpc) is 2.47. The van der Waals surface area contributed by atoms with E-state index in [1.165, 1.54) is 68.1 Å². The van der Waals surface area contributed by atoms with Gasteiger partial charge < -0.3 is 5.41 Å². The summed E-state index contributed by atoms with van der Waals surface area (Å²) in [5.74, 6) is 0.711. The van der Waals surface area contributed by atoms with Crippen molar-refractivity contribution in [2.45, 2.75) is 64.3 Å². The highest BCUT2D eigenvalue weighted by molar-refractivity contribution is 5.79. The Morgan fingerprint density at radius 1 is 1.14 bits per heavy atom.